The number of halogens is 1. The van der Waals surface area contributed by atoms with Gasteiger partial charge in [0, 0.05) is 43.5 Å². The predicted octanol–water partition coefficient (Wildman–Crippen LogP) is 1.63. The first-order chi connectivity index (χ1) is 12.2. The number of nitrogens with zero attached hydrogens (tertiary/aromatic N) is 2. The van der Waals surface area contributed by atoms with E-state index in [0.717, 1.165) is 31.1 Å². The number of benzene rings is 1. The molecule has 0 radical (unpaired) electrons. The normalized spacial score (nSPS) is 20.0. The van der Waals surface area contributed by atoms with Crippen LogP contribution in [0.2, 0.25) is 0 Å². The molecule has 3 rings (SSSR count). The average molecular weight is 467 g/mol. The van der Waals surface area contributed by atoms with Crippen molar-refractivity contribution in [2.75, 3.05) is 32.0 Å². The molecule has 1 saturated carbocycles. The number of carbonyl (C=O) groups is 1. The third kappa shape index (κ3) is 5.88. The van der Waals surface area contributed by atoms with Gasteiger partial charge < -0.3 is 16.0 Å². The molecule has 1 aliphatic carbocycles. The third-order valence-corrected chi connectivity index (χ3v) is 4.58. The van der Waals surface area contributed by atoms with Gasteiger partial charge in [-0.05, 0) is 37.5 Å². The van der Waals surface area contributed by atoms with Gasteiger partial charge in [0.25, 0.3) is 0 Å². The summed E-state index contributed by atoms with van der Waals surface area (Å²) in [5.41, 5.74) is 1.44. The summed E-state index contributed by atoms with van der Waals surface area (Å²) in [7, 11) is 1.72. The van der Waals surface area contributed by atoms with Crippen LogP contribution in [0.5, 0.6) is 0 Å². The first kappa shape index (κ1) is 20.5. The van der Waals surface area contributed by atoms with Gasteiger partial charge in [-0.1, -0.05) is 12.0 Å². The highest BCUT2D eigenvalue weighted by molar-refractivity contribution is 14.0. The number of terminal acetylenes is 1. The Balaban J connectivity index is 0.00000243. The molecular weight excluding hydrogens is 441 g/mol. The van der Waals surface area contributed by atoms with Crippen LogP contribution in [0, 0.1) is 12.3 Å². The van der Waals surface area contributed by atoms with Crippen LogP contribution in [0.3, 0.4) is 0 Å². The van der Waals surface area contributed by atoms with Crippen molar-refractivity contribution in [3.05, 3.63) is 29.8 Å². The third-order valence-electron chi connectivity index (χ3n) is 4.58. The van der Waals surface area contributed by atoms with Gasteiger partial charge >= 0.3 is 0 Å². The van der Waals surface area contributed by atoms with Gasteiger partial charge in [0.15, 0.2) is 5.96 Å². The summed E-state index contributed by atoms with van der Waals surface area (Å²) in [5, 5.41) is 9.31. The van der Waals surface area contributed by atoms with Crippen molar-refractivity contribution in [3.8, 4) is 12.3 Å². The minimum atomic E-state index is -0.136. The first-order valence-corrected chi connectivity index (χ1v) is 8.75. The standard InChI is InChI=1S/C19H25N5O.HI/c1-3-14-5-4-6-15(11-14)22-18(25)12-21-19(20-2)23-16-9-10-24(13-16)17-7-8-17;/h1,4-6,11,16-17H,7-10,12-13H2,2H3,(H,22,25)(H2,20,21,23);1H. The molecule has 0 aromatic heterocycles. The molecule has 1 aromatic rings. The van der Waals surface area contributed by atoms with Crippen LogP contribution in [0.15, 0.2) is 29.3 Å². The van der Waals surface area contributed by atoms with E-state index in [-0.39, 0.29) is 36.4 Å². The number of guanidine groups is 1. The molecule has 7 heteroatoms. The largest absolute Gasteiger partial charge is 0.352 e. The molecule has 26 heavy (non-hydrogen) atoms. The lowest BCUT2D eigenvalue weighted by Gasteiger charge is -2.18. The SMILES string of the molecule is C#Cc1cccc(NC(=O)CNC(=NC)NC2CCN(C3CC3)C2)c1.I. The van der Waals surface area contributed by atoms with Crippen molar-refractivity contribution < 1.29 is 4.79 Å². The van der Waals surface area contributed by atoms with E-state index in [1.165, 1.54) is 12.8 Å². The summed E-state index contributed by atoms with van der Waals surface area (Å²) in [4.78, 5) is 18.9. The number of carbonyl (C=O) groups excluding carboxylic acids is 1. The highest BCUT2D eigenvalue weighted by Gasteiger charge is 2.34. The maximum Gasteiger partial charge on any atom is 0.243 e. The Bertz CT molecular complexity index is 695. The number of likely N-dealkylation sites (tertiary alicyclic amines) is 1. The molecular formula is C19H26IN5O. The van der Waals surface area contributed by atoms with Crippen molar-refractivity contribution in [2.24, 2.45) is 4.99 Å². The fraction of sp³-hybridized carbons (Fsp3) is 0.474. The number of aliphatic imine (C=N–C) groups is 1. The zero-order valence-electron chi connectivity index (χ0n) is 15.0. The minimum Gasteiger partial charge on any atom is -0.352 e. The van der Waals surface area contributed by atoms with E-state index in [2.05, 4.69) is 31.8 Å². The Morgan fingerprint density at radius 1 is 1.38 bits per heavy atom. The maximum atomic E-state index is 12.1. The second-order valence-electron chi connectivity index (χ2n) is 6.56. The van der Waals surface area contributed by atoms with Gasteiger partial charge in [-0.2, -0.15) is 0 Å². The molecule has 0 spiro atoms. The zero-order chi connectivity index (χ0) is 17.6. The number of hydrogen-bond acceptors (Lipinski definition) is 3. The Kier molecular flexibility index (Phi) is 7.72. The second-order valence-corrected chi connectivity index (χ2v) is 6.56. The Labute approximate surface area is 172 Å². The monoisotopic (exact) mass is 467 g/mol. The van der Waals surface area contributed by atoms with Crippen molar-refractivity contribution >= 4 is 41.5 Å². The number of anilines is 1. The first-order valence-electron chi connectivity index (χ1n) is 8.75. The molecule has 1 amide bonds. The smallest absolute Gasteiger partial charge is 0.243 e. The highest BCUT2D eigenvalue weighted by Crippen LogP contribution is 2.29. The summed E-state index contributed by atoms with van der Waals surface area (Å²) < 4.78 is 0. The Morgan fingerprint density at radius 2 is 2.19 bits per heavy atom. The average Bonchev–Trinajstić information content (AvgIpc) is 3.38. The van der Waals surface area contributed by atoms with Gasteiger partial charge in [0.05, 0.1) is 6.54 Å². The molecule has 2 fully saturated rings. The quantitative estimate of drug-likeness (QED) is 0.267. The van der Waals surface area contributed by atoms with Crippen LogP contribution in [0.1, 0.15) is 24.8 Å². The summed E-state index contributed by atoms with van der Waals surface area (Å²) in [6, 6.07) is 8.43. The molecule has 1 saturated heterocycles. The van der Waals surface area contributed by atoms with E-state index in [0.29, 0.717) is 17.7 Å². The molecule has 1 aromatic carbocycles. The highest BCUT2D eigenvalue weighted by atomic mass is 127. The molecule has 1 aliphatic heterocycles. The number of nitrogens with one attached hydrogen (secondary N) is 3. The van der Waals surface area contributed by atoms with Crippen LogP contribution in [0.4, 0.5) is 5.69 Å². The fourth-order valence-electron chi connectivity index (χ4n) is 3.12. The van der Waals surface area contributed by atoms with Crippen molar-refractivity contribution in [3.63, 3.8) is 0 Å². The Morgan fingerprint density at radius 3 is 2.88 bits per heavy atom. The van der Waals surface area contributed by atoms with E-state index in [4.69, 9.17) is 6.42 Å². The van der Waals surface area contributed by atoms with E-state index >= 15 is 0 Å². The van der Waals surface area contributed by atoms with E-state index in [9.17, 15) is 4.79 Å². The lowest BCUT2D eigenvalue weighted by Crippen LogP contribution is -2.46. The fourth-order valence-corrected chi connectivity index (χ4v) is 3.12. The lowest BCUT2D eigenvalue weighted by molar-refractivity contribution is -0.115. The number of rotatable bonds is 5. The van der Waals surface area contributed by atoms with Gasteiger partial charge in [-0.15, -0.1) is 30.4 Å². The Hall–Kier alpha value is -1.79. The van der Waals surface area contributed by atoms with Gasteiger partial charge in [-0.3, -0.25) is 14.7 Å². The van der Waals surface area contributed by atoms with Crippen LogP contribution < -0.4 is 16.0 Å². The van der Waals surface area contributed by atoms with Crippen molar-refractivity contribution in [2.45, 2.75) is 31.3 Å². The molecule has 1 unspecified atom stereocenters. The van der Waals surface area contributed by atoms with Crippen LogP contribution in [0.25, 0.3) is 0 Å². The summed E-state index contributed by atoms with van der Waals surface area (Å²) in [5.74, 6) is 3.08. The van der Waals surface area contributed by atoms with Crippen LogP contribution in [-0.4, -0.2) is 55.5 Å². The summed E-state index contributed by atoms with van der Waals surface area (Å²) in [6.45, 7) is 2.35. The molecule has 6 nitrogen and oxygen atoms in total. The van der Waals surface area contributed by atoms with E-state index in [1.54, 1.807) is 13.1 Å². The summed E-state index contributed by atoms with van der Waals surface area (Å²) >= 11 is 0. The molecule has 1 heterocycles. The topological polar surface area (TPSA) is 68.8 Å². The molecule has 2 aliphatic rings. The van der Waals surface area contributed by atoms with Crippen LogP contribution >= 0.6 is 24.0 Å². The minimum absolute atomic E-state index is 0. The van der Waals surface area contributed by atoms with E-state index < -0.39 is 0 Å². The van der Waals surface area contributed by atoms with Gasteiger partial charge in [-0.25, -0.2) is 0 Å². The number of hydrogen-bond donors (Lipinski definition) is 3. The zero-order valence-corrected chi connectivity index (χ0v) is 17.3. The lowest BCUT2D eigenvalue weighted by atomic mass is 10.2. The molecule has 0 bridgehead atoms. The van der Waals surface area contributed by atoms with Crippen LogP contribution in [-0.2, 0) is 4.79 Å². The number of amides is 1. The predicted molar refractivity (Wildman–Crippen MR) is 116 cm³/mol. The van der Waals surface area contributed by atoms with Gasteiger partial charge in [0.2, 0.25) is 5.91 Å². The second kappa shape index (κ2) is 9.78. The maximum absolute atomic E-state index is 12.1. The molecule has 140 valence electrons. The van der Waals surface area contributed by atoms with Crippen molar-refractivity contribution in [1.82, 2.24) is 15.5 Å². The van der Waals surface area contributed by atoms with E-state index in [1.807, 2.05) is 18.2 Å². The van der Waals surface area contributed by atoms with Gasteiger partial charge in [0.1, 0.15) is 0 Å². The van der Waals surface area contributed by atoms with Crippen molar-refractivity contribution in [1.29, 1.82) is 0 Å². The molecule has 1 atom stereocenters. The molecule has 3 N–H and O–H groups in total. The summed E-state index contributed by atoms with van der Waals surface area (Å²) in [6.07, 6.45) is 9.15.